The Morgan fingerprint density at radius 1 is 1.19 bits per heavy atom. The van der Waals surface area contributed by atoms with Crippen molar-refractivity contribution in [1.29, 1.82) is 0 Å². The number of rotatable bonds is 5. The minimum absolute atomic E-state index is 0.632. The minimum atomic E-state index is 0.632. The lowest BCUT2D eigenvalue weighted by Gasteiger charge is -2.32. The molecular formula is C18H25N3. The third-order valence-electron chi connectivity index (χ3n) is 4.45. The molecule has 1 aliphatic heterocycles. The number of piperidine rings is 1. The number of hydrogen-bond donors (Lipinski definition) is 1. The summed E-state index contributed by atoms with van der Waals surface area (Å²) in [6.45, 7) is 6.87. The van der Waals surface area contributed by atoms with Crippen LogP contribution in [0.4, 0.5) is 0 Å². The van der Waals surface area contributed by atoms with E-state index in [4.69, 9.17) is 0 Å². The predicted octanol–water partition coefficient (Wildman–Crippen LogP) is 3.20. The van der Waals surface area contributed by atoms with E-state index in [1.54, 1.807) is 0 Å². The van der Waals surface area contributed by atoms with Crippen LogP contribution in [-0.2, 0) is 6.54 Å². The normalized spacial score (nSPS) is 18.0. The Balaban J connectivity index is 1.51. The molecule has 112 valence electrons. The highest BCUT2D eigenvalue weighted by atomic mass is 15.2. The molecule has 2 heterocycles. The van der Waals surface area contributed by atoms with Gasteiger partial charge in [-0.15, -0.1) is 0 Å². The van der Waals surface area contributed by atoms with E-state index in [9.17, 15) is 0 Å². The maximum atomic E-state index is 4.36. The molecule has 3 rings (SSSR count). The molecule has 1 aliphatic rings. The summed E-state index contributed by atoms with van der Waals surface area (Å²) in [4.78, 5) is 6.98. The second-order valence-corrected chi connectivity index (χ2v) is 6.11. The average molecular weight is 283 g/mol. The maximum absolute atomic E-state index is 4.36. The van der Waals surface area contributed by atoms with Crippen LogP contribution in [0.15, 0.2) is 36.5 Å². The van der Waals surface area contributed by atoms with Gasteiger partial charge in [-0.1, -0.05) is 18.6 Å². The highest BCUT2D eigenvalue weighted by molar-refractivity contribution is 5.78. The zero-order valence-corrected chi connectivity index (χ0v) is 12.9. The van der Waals surface area contributed by atoms with E-state index < -0.39 is 0 Å². The highest BCUT2D eigenvalue weighted by Gasteiger charge is 2.15. The number of likely N-dealkylation sites (tertiary alicyclic amines) is 1. The van der Waals surface area contributed by atoms with Crippen molar-refractivity contribution in [2.45, 2.75) is 38.8 Å². The SMILES string of the molecule is CC(CNCc1ccc2ncccc2c1)N1CCCCC1. The van der Waals surface area contributed by atoms with E-state index in [2.05, 4.69) is 46.4 Å². The van der Waals surface area contributed by atoms with E-state index in [1.807, 2.05) is 12.3 Å². The molecule has 1 fully saturated rings. The molecule has 0 spiro atoms. The fourth-order valence-electron chi connectivity index (χ4n) is 3.15. The van der Waals surface area contributed by atoms with Gasteiger partial charge in [-0.2, -0.15) is 0 Å². The highest BCUT2D eigenvalue weighted by Crippen LogP contribution is 2.14. The van der Waals surface area contributed by atoms with Crippen LogP contribution in [0.25, 0.3) is 10.9 Å². The molecule has 1 N–H and O–H groups in total. The first kappa shape index (κ1) is 14.5. The first-order valence-electron chi connectivity index (χ1n) is 8.11. The van der Waals surface area contributed by atoms with Crippen molar-refractivity contribution in [3.05, 3.63) is 42.1 Å². The fraction of sp³-hybridized carbons (Fsp3) is 0.500. The van der Waals surface area contributed by atoms with E-state index >= 15 is 0 Å². The Morgan fingerprint density at radius 3 is 2.90 bits per heavy atom. The lowest BCUT2D eigenvalue weighted by molar-refractivity contribution is 0.170. The van der Waals surface area contributed by atoms with Crippen LogP contribution in [0.5, 0.6) is 0 Å². The molecule has 2 aromatic rings. The third kappa shape index (κ3) is 3.80. The van der Waals surface area contributed by atoms with Crippen molar-refractivity contribution in [1.82, 2.24) is 15.2 Å². The molecule has 1 unspecified atom stereocenters. The molecule has 21 heavy (non-hydrogen) atoms. The summed E-state index contributed by atoms with van der Waals surface area (Å²) in [5.74, 6) is 0. The molecule has 1 saturated heterocycles. The Hall–Kier alpha value is -1.45. The summed E-state index contributed by atoms with van der Waals surface area (Å²) >= 11 is 0. The number of benzene rings is 1. The van der Waals surface area contributed by atoms with Crippen LogP contribution in [0, 0.1) is 0 Å². The predicted molar refractivity (Wildman–Crippen MR) is 88.3 cm³/mol. The number of fused-ring (bicyclic) bond motifs is 1. The van der Waals surface area contributed by atoms with E-state index in [-0.39, 0.29) is 0 Å². The van der Waals surface area contributed by atoms with E-state index in [0.29, 0.717) is 6.04 Å². The summed E-state index contributed by atoms with van der Waals surface area (Å²) in [7, 11) is 0. The van der Waals surface area contributed by atoms with Gasteiger partial charge in [-0.05, 0) is 56.6 Å². The number of nitrogens with zero attached hydrogens (tertiary/aromatic N) is 2. The number of hydrogen-bond acceptors (Lipinski definition) is 3. The van der Waals surface area contributed by atoms with Gasteiger partial charge in [0.2, 0.25) is 0 Å². The Labute approximate surface area is 127 Å². The Kier molecular flexibility index (Phi) is 4.84. The Bertz CT molecular complexity index is 575. The Morgan fingerprint density at radius 2 is 2.05 bits per heavy atom. The van der Waals surface area contributed by atoms with Crippen LogP contribution in [0.3, 0.4) is 0 Å². The van der Waals surface area contributed by atoms with Crippen LogP contribution in [0.2, 0.25) is 0 Å². The average Bonchev–Trinajstić information content (AvgIpc) is 2.55. The monoisotopic (exact) mass is 283 g/mol. The lowest BCUT2D eigenvalue weighted by Crippen LogP contribution is -2.42. The van der Waals surface area contributed by atoms with Gasteiger partial charge in [-0.3, -0.25) is 9.88 Å². The summed E-state index contributed by atoms with van der Waals surface area (Å²) < 4.78 is 0. The van der Waals surface area contributed by atoms with Gasteiger partial charge in [0.25, 0.3) is 0 Å². The fourth-order valence-corrected chi connectivity index (χ4v) is 3.15. The molecule has 0 bridgehead atoms. The quantitative estimate of drug-likeness (QED) is 0.913. The van der Waals surface area contributed by atoms with Gasteiger partial charge in [0, 0.05) is 30.7 Å². The van der Waals surface area contributed by atoms with Gasteiger partial charge >= 0.3 is 0 Å². The van der Waals surface area contributed by atoms with Crippen LogP contribution >= 0.6 is 0 Å². The first-order chi connectivity index (χ1) is 10.3. The van der Waals surface area contributed by atoms with Crippen LogP contribution < -0.4 is 5.32 Å². The summed E-state index contributed by atoms with van der Waals surface area (Å²) in [6.07, 6.45) is 5.98. The topological polar surface area (TPSA) is 28.2 Å². The number of pyridine rings is 1. The number of nitrogens with one attached hydrogen (secondary N) is 1. The second-order valence-electron chi connectivity index (χ2n) is 6.11. The van der Waals surface area contributed by atoms with Crippen molar-refractivity contribution in [2.24, 2.45) is 0 Å². The van der Waals surface area contributed by atoms with Crippen molar-refractivity contribution in [3.8, 4) is 0 Å². The van der Waals surface area contributed by atoms with Crippen LogP contribution in [-0.4, -0.2) is 35.6 Å². The van der Waals surface area contributed by atoms with Gasteiger partial charge in [-0.25, -0.2) is 0 Å². The molecular weight excluding hydrogens is 258 g/mol. The van der Waals surface area contributed by atoms with Gasteiger partial charge in [0.15, 0.2) is 0 Å². The largest absolute Gasteiger partial charge is 0.311 e. The van der Waals surface area contributed by atoms with Gasteiger partial charge in [0.05, 0.1) is 5.52 Å². The molecule has 0 radical (unpaired) electrons. The molecule has 3 heteroatoms. The minimum Gasteiger partial charge on any atom is -0.311 e. The standard InChI is InChI=1S/C18H25N3/c1-15(21-10-3-2-4-11-21)13-19-14-16-7-8-18-17(12-16)6-5-9-20-18/h5-9,12,15,19H,2-4,10-11,13-14H2,1H3. The van der Waals surface area contributed by atoms with Crippen molar-refractivity contribution >= 4 is 10.9 Å². The zero-order chi connectivity index (χ0) is 14.5. The molecule has 0 aliphatic carbocycles. The van der Waals surface area contributed by atoms with E-state index in [0.717, 1.165) is 18.6 Å². The first-order valence-corrected chi connectivity index (χ1v) is 8.11. The molecule has 0 saturated carbocycles. The van der Waals surface area contributed by atoms with Crippen LogP contribution in [0.1, 0.15) is 31.7 Å². The second kappa shape index (κ2) is 7.01. The van der Waals surface area contributed by atoms with Crippen molar-refractivity contribution in [3.63, 3.8) is 0 Å². The zero-order valence-electron chi connectivity index (χ0n) is 12.9. The summed E-state index contributed by atoms with van der Waals surface area (Å²) in [5, 5.41) is 4.82. The summed E-state index contributed by atoms with van der Waals surface area (Å²) in [5.41, 5.74) is 2.41. The molecule has 1 atom stereocenters. The summed E-state index contributed by atoms with van der Waals surface area (Å²) in [6, 6.07) is 11.3. The molecule has 3 nitrogen and oxygen atoms in total. The smallest absolute Gasteiger partial charge is 0.0702 e. The third-order valence-corrected chi connectivity index (χ3v) is 4.45. The van der Waals surface area contributed by atoms with Gasteiger partial charge < -0.3 is 5.32 Å². The molecule has 0 amide bonds. The van der Waals surface area contributed by atoms with Gasteiger partial charge in [0.1, 0.15) is 0 Å². The van der Waals surface area contributed by atoms with E-state index in [1.165, 1.54) is 43.3 Å². The lowest BCUT2D eigenvalue weighted by atomic mass is 10.1. The maximum Gasteiger partial charge on any atom is 0.0702 e. The van der Waals surface area contributed by atoms with Crippen molar-refractivity contribution < 1.29 is 0 Å². The molecule has 1 aromatic heterocycles. The van der Waals surface area contributed by atoms with Crippen molar-refractivity contribution in [2.75, 3.05) is 19.6 Å². The number of aromatic nitrogens is 1. The molecule has 1 aromatic carbocycles.